The molecular formula is C14H18N2O3. The van der Waals surface area contributed by atoms with Crippen LogP contribution in [0, 0.1) is 0 Å². The van der Waals surface area contributed by atoms with E-state index in [1.165, 1.54) is 4.90 Å². The first-order valence-electron chi connectivity index (χ1n) is 6.49. The minimum atomic E-state index is -0.433. The average Bonchev–Trinajstić information content (AvgIpc) is 2.41. The Morgan fingerprint density at radius 3 is 2.84 bits per heavy atom. The van der Waals surface area contributed by atoms with Gasteiger partial charge in [-0.2, -0.15) is 0 Å². The third-order valence-electron chi connectivity index (χ3n) is 3.05. The monoisotopic (exact) mass is 262 g/mol. The van der Waals surface area contributed by atoms with Gasteiger partial charge in [-0.05, 0) is 25.5 Å². The molecule has 1 aliphatic heterocycles. The summed E-state index contributed by atoms with van der Waals surface area (Å²) in [5.74, 6) is 0.496. The lowest BCUT2D eigenvalue weighted by Crippen LogP contribution is -2.58. The number of nitrogens with one attached hydrogen (secondary N) is 1. The molecule has 0 radical (unpaired) electrons. The van der Waals surface area contributed by atoms with Crippen molar-refractivity contribution >= 4 is 17.5 Å². The van der Waals surface area contributed by atoms with Crippen LogP contribution in [0.2, 0.25) is 0 Å². The van der Waals surface area contributed by atoms with Crippen LogP contribution in [0.25, 0.3) is 0 Å². The number of nitrogens with zero attached hydrogens (tertiary/aromatic N) is 1. The van der Waals surface area contributed by atoms with Gasteiger partial charge in [0, 0.05) is 11.8 Å². The fraction of sp³-hybridized carbons (Fsp3) is 0.429. The molecule has 5 nitrogen and oxygen atoms in total. The second kappa shape index (κ2) is 5.73. The second-order valence-electron chi connectivity index (χ2n) is 4.38. The van der Waals surface area contributed by atoms with E-state index in [0.29, 0.717) is 24.5 Å². The summed E-state index contributed by atoms with van der Waals surface area (Å²) in [5, 5.41) is 2.69. The molecule has 5 heteroatoms. The van der Waals surface area contributed by atoms with Crippen LogP contribution >= 0.6 is 0 Å². The highest BCUT2D eigenvalue weighted by Crippen LogP contribution is 2.23. The number of anilines is 1. The van der Waals surface area contributed by atoms with Gasteiger partial charge in [-0.1, -0.05) is 13.0 Å². The zero-order valence-corrected chi connectivity index (χ0v) is 11.2. The Bertz CT molecular complexity index is 487. The molecule has 1 N–H and O–H groups in total. The van der Waals surface area contributed by atoms with Crippen molar-refractivity contribution in [2.45, 2.75) is 26.3 Å². The first-order chi connectivity index (χ1) is 9.15. The van der Waals surface area contributed by atoms with E-state index in [9.17, 15) is 9.59 Å². The number of piperazine rings is 1. The summed E-state index contributed by atoms with van der Waals surface area (Å²) in [5.41, 5.74) is 0.698. The number of rotatable bonds is 4. The Labute approximate surface area is 112 Å². The summed E-state index contributed by atoms with van der Waals surface area (Å²) in [6.07, 6.45) is 0.590. The van der Waals surface area contributed by atoms with Gasteiger partial charge in [0.2, 0.25) is 11.8 Å². The van der Waals surface area contributed by atoms with Crippen molar-refractivity contribution in [2.24, 2.45) is 0 Å². The van der Waals surface area contributed by atoms with Crippen molar-refractivity contribution < 1.29 is 14.3 Å². The Balaban J connectivity index is 2.26. The molecule has 1 heterocycles. The molecular weight excluding hydrogens is 244 g/mol. The van der Waals surface area contributed by atoms with E-state index in [1.54, 1.807) is 6.07 Å². The lowest BCUT2D eigenvalue weighted by molar-refractivity contribution is -0.131. The van der Waals surface area contributed by atoms with Crippen LogP contribution in [0.4, 0.5) is 5.69 Å². The number of ether oxygens (including phenoxy) is 1. The standard InChI is InChI=1S/C14H18N2O3/c1-3-12-14(18)16(9-13(17)15-12)10-6-5-7-11(8-10)19-4-2/h5-8,12H,3-4,9H2,1-2H3,(H,15,17). The van der Waals surface area contributed by atoms with Gasteiger partial charge in [-0.15, -0.1) is 0 Å². The van der Waals surface area contributed by atoms with Crippen molar-refractivity contribution in [1.29, 1.82) is 0 Å². The molecule has 102 valence electrons. The molecule has 1 aromatic rings. The fourth-order valence-electron chi connectivity index (χ4n) is 2.11. The zero-order valence-electron chi connectivity index (χ0n) is 11.2. The predicted octanol–water partition coefficient (Wildman–Crippen LogP) is 1.33. The molecule has 2 rings (SSSR count). The third-order valence-corrected chi connectivity index (χ3v) is 3.05. The van der Waals surface area contributed by atoms with E-state index in [1.807, 2.05) is 32.0 Å². The molecule has 2 amide bonds. The maximum atomic E-state index is 12.2. The highest BCUT2D eigenvalue weighted by atomic mass is 16.5. The summed E-state index contributed by atoms with van der Waals surface area (Å²) >= 11 is 0. The van der Waals surface area contributed by atoms with Crippen LogP contribution in [0.1, 0.15) is 20.3 Å². The van der Waals surface area contributed by atoms with Crippen molar-refractivity contribution in [3.05, 3.63) is 24.3 Å². The van der Waals surface area contributed by atoms with Crippen LogP contribution in [0.15, 0.2) is 24.3 Å². The number of carbonyl (C=O) groups excluding carboxylic acids is 2. The number of amides is 2. The summed E-state index contributed by atoms with van der Waals surface area (Å²) in [7, 11) is 0. The number of hydrogen-bond donors (Lipinski definition) is 1. The van der Waals surface area contributed by atoms with Crippen molar-refractivity contribution in [3.63, 3.8) is 0 Å². The van der Waals surface area contributed by atoms with Crippen LogP contribution in [-0.4, -0.2) is 31.0 Å². The predicted molar refractivity (Wildman–Crippen MR) is 72.2 cm³/mol. The van der Waals surface area contributed by atoms with Gasteiger partial charge >= 0.3 is 0 Å². The molecule has 1 aliphatic rings. The molecule has 0 saturated carbocycles. The van der Waals surface area contributed by atoms with Gasteiger partial charge in [0.25, 0.3) is 0 Å². The van der Waals surface area contributed by atoms with Gasteiger partial charge in [0.05, 0.1) is 6.61 Å². The molecule has 0 aromatic heterocycles. The Morgan fingerprint density at radius 1 is 1.37 bits per heavy atom. The highest BCUT2D eigenvalue weighted by Gasteiger charge is 2.32. The zero-order chi connectivity index (χ0) is 13.8. The number of hydrogen-bond acceptors (Lipinski definition) is 3. The van der Waals surface area contributed by atoms with Gasteiger partial charge in [-0.3, -0.25) is 9.59 Å². The van der Waals surface area contributed by atoms with E-state index >= 15 is 0 Å². The minimum absolute atomic E-state index is 0.0604. The van der Waals surface area contributed by atoms with Gasteiger partial charge in [0.15, 0.2) is 0 Å². The molecule has 0 aliphatic carbocycles. The van der Waals surface area contributed by atoms with E-state index in [-0.39, 0.29) is 18.4 Å². The van der Waals surface area contributed by atoms with Crippen molar-refractivity contribution in [2.75, 3.05) is 18.1 Å². The molecule has 1 aromatic carbocycles. The van der Waals surface area contributed by atoms with Crippen LogP contribution < -0.4 is 15.0 Å². The van der Waals surface area contributed by atoms with Crippen LogP contribution in [-0.2, 0) is 9.59 Å². The number of benzene rings is 1. The lowest BCUT2D eigenvalue weighted by Gasteiger charge is -2.32. The summed E-state index contributed by atoms with van der Waals surface area (Å²) in [6, 6.07) is 6.82. The minimum Gasteiger partial charge on any atom is -0.494 e. The molecule has 0 spiro atoms. The van der Waals surface area contributed by atoms with E-state index in [2.05, 4.69) is 5.32 Å². The third kappa shape index (κ3) is 2.86. The maximum absolute atomic E-state index is 12.2. The summed E-state index contributed by atoms with van der Waals surface area (Å²) in [6.45, 7) is 4.41. The molecule has 0 bridgehead atoms. The van der Waals surface area contributed by atoms with E-state index < -0.39 is 6.04 Å². The van der Waals surface area contributed by atoms with E-state index in [0.717, 1.165) is 0 Å². The van der Waals surface area contributed by atoms with Gasteiger partial charge in [0.1, 0.15) is 18.3 Å². The first-order valence-corrected chi connectivity index (χ1v) is 6.49. The molecule has 1 saturated heterocycles. The van der Waals surface area contributed by atoms with Gasteiger partial charge in [-0.25, -0.2) is 0 Å². The molecule has 1 unspecified atom stereocenters. The largest absolute Gasteiger partial charge is 0.494 e. The fourth-order valence-corrected chi connectivity index (χ4v) is 2.11. The van der Waals surface area contributed by atoms with Crippen LogP contribution in [0.3, 0.4) is 0 Å². The maximum Gasteiger partial charge on any atom is 0.250 e. The Morgan fingerprint density at radius 2 is 2.16 bits per heavy atom. The number of carbonyl (C=O) groups is 2. The first kappa shape index (κ1) is 13.4. The van der Waals surface area contributed by atoms with Crippen LogP contribution in [0.5, 0.6) is 5.75 Å². The quantitative estimate of drug-likeness (QED) is 0.890. The Kier molecular flexibility index (Phi) is 4.04. The molecule has 1 fully saturated rings. The highest BCUT2D eigenvalue weighted by molar-refractivity contribution is 6.06. The van der Waals surface area contributed by atoms with Crippen molar-refractivity contribution in [3.8, 4) is 5.75 Å². The topological polar surface area (TPSA) is 58.6 Å². The molecule has 19 heavy (non-hydrogen) atoms. The van der Waals surface area contributed by atoms with E-state index in [4.69, 9.17) is 4.74 Å². The summed E-state index contributed by atoms with van der Waals surface area (Å²) < 4.78 is 5.41. The van der Waals surface area contributed by atoms with Crippen molar-refractivity contribution in [1.82, 2.24) is 5.32 Å². The lowest BCUT2D eigenvalue weighted by atomic mass is 10.1. The molecule has 1 atom stereocenters. The second-order valence-corrected chi connectivity index (χ2v) is 4.38. The normalized spacial score (nSPS) is 19.3. The average molecular weight is 262 g/mol. The smallest absolute Gasteiger partial charge is 0.250 e. The van der Waals surface area contributed by atoms with Gasteiger partial charge < -0.3 is 15.0 Å². The summed E-state index contributed by atoms with van der Waals surface area (Å²) in [4.78, 5) is 25.4. The Hall–Kier alpha value is -2.04. The SMILES string of the molecule is CCOc1cccc(N2CC(=O)NC(CC)C2=O)c1.